The van der Waals surface area contributed by atoms with Crippen molar-refractivity contribution in [1.82, 2.24) is 0 Å². The van der Waals surface area contributed by atoms with Crippen LogP contribution in [-0.2, 0) is 4.74 Å². The summed E-state index contributed by atoms with van der Waals surface area (Å²) in [6.45, 7) is 12.3. The summed E-state index contributed by atoms with van der Waals surface area (Å²) in [6, 6.07) is 0. The van der Waals surface area contributed by atoms with Gasteiger partial charge in [0.05, 0.1) is 7.11 Å². The predicted octanol–water partition coefficient (Wildman–Crippen LogP) is 4.70. The van der Waals surface area contributed by atoms with Gasteiger partial charge in [0, 0.05) is 0 Å². The minimum Gasteiger partial charge on any atom is -0.497 e. The molecule has 84 valence electrons. The third-order valence-electron chi connectivity index (χ3n) is 1.91. The lowest BCUT2D eigenvalue weighted by Crippen LogP contribution is -1.96. The van der Waals surface area contributed by atoms with Gasteiger partial charge in [-0.3, -0.25) is 0 Å². The zero-order valence-corrected chi connectivity index (χ0v) is 10.9. The average Bonchev–Trinajstić information content (AvgIpc) is 2.27. The second kappa shape index (κ2) is 10.4. The van der Waals surface area contributed by atoms with E-state index in [-0.39, 0.29) is 0 Å². The number of hydrogen-bond acceptors (Lipinski definition) is 1. The molecule has 0 amide bonds. The van der Waals surface area contributed by atoms with Crippen LogP contribution >= 0.6 is 0 Å². The molecule has 0 aliphatic heterocycles. The van der Waals surface area contributed by atoms with E-state index < -0.39 is 0 Å². The summed E-state index contributed by atoms with van der Waals surface area (Å²) in [5, 5.41) is 0. The van der Waals surface area contributed by atoms with E-state index in [0.717, 1.165) is 12.2 Å². The fraction of sp³-hybridized carbons (Fsp3) is 0.692. The summed E-state index contributed by atoms with van der Waals surface area (Å²) >= 11 is 0. The third-order valence-corrected chi connectivity index (χ3v) is 1.91. The minimum absolute atomic E-state index is 1.06. The monoisotopic (exact) mass is 198 g/mol. The second-order valence-electron chi connectivity index (χ2n) is 2.84. The molecule has 0 aromatic rings. The normalized spacial score (nSPS) is 14.4. The zero-order chi connectivity index (χ0) is 11.6. The van der Waals surface area contributed by atoms with Gasteiger partial charge in [0.1, 0.15) is 5.76 Å². The van der Waals surface area contributed by atoms with Gasteiger partial charge in [-0.1, -0.05) is 33.3 Å². The van der Waals surface area contributed by atoms with E-state index in [4.69, 9.17) is 4.74 Å². The molecule has 0 aromatic heterocycles. The Balaban J connectivity index is 0. The smallest absolute Gasteiger partial charge is 0.117 e. The van der Waals surface area contributed by atoms with Gasteiger partial charge in [0.15, 0.2) is 0 Å². The molecule has 0 saturated carbocycles. The van der Waals surface area contributed by atoms with Crippen LogP contribution in [0.3, 0.4) is 0 Å². The molecular weight excluding hydrogens is 172 g/mol. The highest BCUT2D eigenvalue weighted by Crippen LogP contribution is 2.22. The zero-order valence-electron chi connectivity index (χ0n) is 10.9. The maximum Gasteiger partial charge on any atom is 0.117 e. The molecule has 0 atom stereocenters. The van der Waals surface area contributed by atoms with Crippen LogP contribution in [0.1, 0.15) is 54.4 Å². The van der Waals surface area contributed by atoms with E-state index in [1.165, 1.54) is 17.6 Å². The van der Waals surface area contributed by atoms with Crippen LogP contribution < -0.4 is 0 Å². The van der Waals surface area contributed by atoms with Crippen molar-refractivity contribution in [3.05, 3.63) is 23.0 Å². The van der Waals surface area contributed by atoms with Crippen LogP contribution in [0.4, 0.5) is 0 Å². The Labute approximate surface area is 89.9 Å². The Morgan fingerprint density at radius 3 is 1.86 bits per heavy atom. The lowest BCUT2D eigenvalue weighted by Gasteiger charge is -2.13. The van der Waals surface area contributed by atoms with Crippen molar-refractivity contribution in [2.24, 2.45) is 0 Å². The van der Waals surface area contributed by atoms with E-state index in [2.05, 4.69) is 19.9 Å². The van der Waals surface area contributed by atoms with E-state index in [1.807, 2.05) is 27.7 Å². The molecule has 0 unspecified atom stereocenters. The molecule has 1 nitrogen and oxygen atoms in total. The van der Waals surface area contributed by atoms with E-state index >= 15 is 0 Å². The van der Waals surface area contributed by atoms with E-state index in [0.29, 0.717) is 0 Å². The SMILES string of the molecule is CC.CC.COC1=C(C)CCC(C)=C1. The molecule has 0 fully saturated rings. The summed E-state index contributed by atoms with van der Waals surface area (Å²) in [5.41, 5.74) is 2.79. The van der Waals surface area contributed by atoms with Crippen molar-refractivity contribution < 1.29 is 4.74 Å². The minimum atomic E-state index is 1.06. The van der Waals surface area contributed by atoms with Crippen LogP contribution in [-0.4, -0.2) is 7.11 Å². The van der Waals surface area contributed by atoms with Crippen LogP contribution in [0.2, 0.25) is 0 Å². The van der Waals surface area contributed by atoms with Crippen molar-refractivity contribution in [3.8, 4) is 0 Å². The van der Waals surface area contributed by atoms with E-state index in [9.17, 15) is 0 Å². The molecule has 1 aliphatic rings. The van der Waals surface area contributed by atoms with Crippen molar-refractivity contribution >= 4 is 0 Å². The summed E-state index contributed by atoms with van der Waals surface area (Å²) in [4.78, 5) is 0. The van der Waals surface area contributed by atoms with Gasteiger partial charge in [0.2, 0.25) is 0 Å². The Bertz CT molecular complexity index is 187. The number of hydrogen-bond donors (Lipinski definition) is 0. The molecule has 0 heterocycles. The Morgan fingerprint density at radius 1 is 1.00 bits per heavy atom. The number of allylic oxidation sites excluding steroid dienone is 3. The first-order chi connectivity index (χ1) is 6.74. The van der Waals surface area contributed by atoms with Gasteiger partial charge >= 0.3 is 0 Å². The first kappa shape index (κ1) is 15.7. The van der Waals surface area contributed by atoms with Gasteiger partial charge in [-0.2, -0.15) is 0 Å². The second-order valence-corrected chi connectivity index (χ2v) is 2.84. The van der Waals surface area contributed by atoms with Crippen molar-refractivity contribution in [3.63, 3.8) is 0 Å². The molecule has 14 heavy (non-hydrogen) atoms. The molecule has 0 bridgehead atoms. The maximum atomic E-state index is 5.18. The van der Waals surface area contributed by atoms with Gasteiger partial charge in [-0.15, -0.1) is 0 Å². The highest BCUT2D eigenvalue weighted by Gasteiger charge is 2.06. The summed E-state index contributed by atoms with van der Waals surface area (Å²) in [6.07, 6.45) is 4.48. The van der Waals surface area contributed by atoms with Gasteiger partial charge in [-0.25, -0.2) is 0 Å². The highest BCUT2D eigenvalue weighted by atomic mass is 16.5. The van der Waals surface area contributed by atoms with Gasteiger partial charge in [-0.05, 0) is 38.3 Å². The van der Waals surface area contributed by atoms with Crippen molar-refractivity contribution in [2.75, 3.05) is 7.11 Å². The summed E-state index contributed by atoms with van der Waals surface area (Å²) < 4.78 is 5.18. The Hall–Kier alpha value is -0.720. The fourth-order valence-electron chi connectivity index (χ4n) is 1.16. The van der Waals surface area contributed by atoms with Crippen LogP contribution in [0.25, 0.3) is 0 Å². The highest BCUT2D eigenvalue weighted by molar-refractivity contribution is 5.27. The van der Waals surface area contributed by atoms with Gasteiger partial charge in [0.25, 0.3) is 0 Å². The van der Waals surface area contributed by atoms with Gasteiger partial charge < -0.3 is 4.74 Å². The molecule has 1 heteroatoms. The molecule has 0 radical (unpaired) electrons. The first-order valence-electron chi connectivity index (χ1n) is 5.65. The Kier molecular flexibility index (Phi) is 11.6. The van der Waals surface area contributed by atoms with Crippen LogP contribution in [0.5, 0.6) is 0 Å². The van der Waals surface area contributed by atoms with Crippen LogP contribution in [0.15, 0.2) is 23.0 Å². The van der Waals surface area contributed by atoms with Crippen molar-refractivity contribution in [1.29, 1.82) is 0 Å². The molecule has 0 spiro atoms. The lowest BCUT2D eigenvalue weighted by atomic mass is 9.99. The average molecular weight is 198 g/mol. The first-order valence-corrected chi connectivity index (χ1v) is 5.65. The summed E-state index contributed by atoms with van der Waals surface area (Å²) in [7, 11) is 1.73. The number of rotatable bonds is 1. The number of methoxy groups -OCH3 is 1. The van der Waals surface area contributed by atoms with E-state index in [1.54, 1.807) is 7.11 Å². The predicted molar refractivity (Wildman–Crippen MR) is 65.4 cm³/mol. The fourth-order valence-corrected chi connectivity index (χ4v) is 1.16. The van der Waals surface area contributed by atoms with Crippen molar-refractivity contribution in [2.45, 2.75) is 54.4 Å². The van der Waals surface area contributed by atoms with Crippen LogP contribution in [0, 0.1) is 0 Å². The molecule has 0 N–H and O–H groups in total. The lowest BCUT2D eigenvalue weighted by molar-refractivity contribution is 0.298. The molecule has 0 saturated heterocycles. The standard InChI is InChI=1S/C9H14O.2C2H6/c1-7-4-5-8(2)9(6-7)10-3;2*1-2/h6H,4-5H2,1-3H3;2*1-2H3. The summed E-state index contributed by atoms with van der Waals surface area (Å²) in [5.74, 6) is 1.06. The topological polar surface area (TPSA) is 9.23 Å². The largest absolute Gasteiger partial charge is 0.497 e. The molecule has 1 aliphatic carbocycles. The molecule has 1 rings (SSSR count). The maximum absolute atomic E-state index is 5.18. The molecular formula is C13H26O. The quantitative estimate of drug-likeness (QED) is 0.593. The molecule has 0 aromatic carbocycles. The third kappa shape index (κ3) is 5.85. The number of ether oxygens (including phenoxy) is 1. The Morgan fingerprint density at radius 2 is 1.50 bits per heavy atom.